The molecule has 0 spiro atoms. The number of likely N-dealkylation sites (tertiary alicyclic amines) is 1. The van der Waals surface area contributed by atoms with Gasteiger partial charge in [-0.3, -0.25) is 4.99 Å². The van der Waals surface area contributed by atoms with Crippen LogP contribution in [0, 0.1) is 0 Å². The molecule has 0 aromatic carbocycles. The van der Waals surface area contributed by atoms with Crippen molar-refractivity contribution in [1.82, 2.24) is 15.5 Å². The maximum Gasteiger partial charge on any atom is 0.191 e. The maximum absolute atomic E-state index is 5.56. The van der Waals surface area contributed by atoms with E-state index < -0.39 is 0 Å². The average molecular weight is 470 g/mol. The molecule has 0 unspecified atom stereocenters. The zero-order valence-corrected chi connectivity index (χ0v) is 18.6. The predicted molar refractivity (Wildman–Crippen MR) is 116 cm³/mol. The first-order chi connectivity index (χ1) is 11.9. The highest BCUT2D eigenvalue weighted by molar-refractivity contribution is 14.0. The second-order valence-corrected chi connectivity index (χ2v) is 6.17. The summed E-state index contributed by atoms with van der Waals surface area (Å²) in [5.74, 6) is 0.890. The van der Waals surface area contributed by atoms with Crippen LogP contribution >= 0.6 is 24.0 Å². The SMILES string of the molecule is CCCCOCCOCCNC(=NCCCN1CCCC1)NCC.I. The number of halogens is 1. The van der Waals surface area contributed by atoms with E-state index in [0.29, 0.717) is 19.8 Å². The van der Waals surface area contributed by atoms with Crippen LogP contribution in [-0.2, 0) is 9.47 Å². The van der Waals surface area contributed by atoms with Crippen LogP contribution in [0.4, 0.5) is 0 Å². The van der Waals surface area contributed by atoms with Gasteiger partial charge in [0, 0.05) is 26.2 Å². The Morgan fingerprint density at radius 1 is 0.960 bits per heavy atom. The summed E-state index contributed by atoms with van der Waals surface area (Å²) < 4.78 is 11.0. The predicted octanol–water partition coefficient (Wildman–Crippen LogP) is 2.48. The standard InChI is InChI=1S/C18H38N4O2.HI/c1-3-5-14-23-16-17-24-15-10-21-18(19-4-2)20-9-8-13-22-11-6-7-12-22;/h3-17H2,1-2H3,(H2,19,20,21);1H. The Balaban J connectivity index is 0.00000576. The van der Waals surface area contributed by atoms with E-state index in [-0.39, 0.29) is 24.0 Å². The van der Waals surface area contributed by atoms with Crippen LogP contribution < -0.4 is 10.6 Å². The topological polar surface area (TPSA) is 58.1 Å². The highest BCUT2D eigenvalue weighted by atomic mass is 127. The molecule has 0 radical (unpaired) electrons. The highest BCUT2D eigenvalue weighted by Gasteiger charge is 2.09. The van der Waals surface area contributed by atoms with E-state index in [1.54, 1.807) is 0 Å². The van der Waals surface area contributed by atoms with Crippen molar-refractivity contribution in [3.63, 3.8) is 0 Å². The van der Waals surface area contributed by atoms with Gasteiger partial charge < -0.3 is 25.0 Å². The molecule has 2 N–H and O–H groups in total. The molecular weight excluding hydrogens is 431 g/mol. The van der Waals surface area contributed by atoms with Gasteiger partial charge >= 0.3 is 0 Å². The van der Waals surface area contributed by atoms with Crippen LogP contribution in [-0.4, -0.2) is 76.6 Å². The normalized spacial score (nSPS) is 15.2. The van der Waals surface area contributed by atoms with Crippen LogP contribution in [0.2, 0.25) is 0 Å². The minimum Gasteiger partial charge on any atom is -0.379 e. The van der Waals surface area contributed by atoms with Gasteiger partial charge in [-0.15, -0.1) is 24.0 Å². The second kappa shape index (κ2) is 18.7. The fourth-order valence-corrected chi connectivity index (χ4v) is 2.64. The zero-order chi connectivity index (χ0) is 17.3. The van der Waals surface area contributed by atoms with Gasteiger partial charge in [-0.25, -0.2) is 0 Å². The van der Waals surface area contributed by atoms with E-state index in [1.165, 1.54) is 38.9 Å². The lowest BCUT2D eigenvalue weighted by molar-refractivity contribution is 0.0487. The summed E-state index contributed by atoms with van der Waals surface area (Å²) >= 11 is 0. The fourth-order valence-electron chi connectivity index (χ4n) is 2.64. The van der Waals surface area contributed by atoms with E-state index in [1.807, 2.05) is 0 Å². The van der Waals surface area contributed by atoms with Gasteiger partial charge in [-0.2, -0.15) is 0 Å². The first-order valence-corrected chi connectivity index (χ1v) is 9.76. The third-order valence-corrected chi connectivity index (χ3v) is 4.00. The van der Waals surface area contributed by atoms with Gasteiger partial charge in [0.05, 0.1) is 19.8 Å². The van der Waals surface area contributed by atoms with Crippen molar-refractivity contribution in [1.29, 1.82) is 0 Å². The molecule has 1 aliphatic heterocycles. The Hall–Kier alpha value is -0.120. The summed E-state index contributed by atoms with van der Waals surface area (Å²) in [4.78, 5) is 7.16. The molecule has 0 amide bonds. The number of nitrogens with zero attached hydrogens (tertiary/aromatic N) is 2. The van der Waals surface area contributed by atoms with Crippen LogP contribution in [0.15, 0.2) is 4.99 Å². The van der Waals surface area contributed by atoms with Crippen LogP contribution in [0.5, 0.6) is 0 Å². The smallest absolute Gasteiger partial charge is 0.191 e. The van der Waals surface area contributed by atoms with Gasteiger partial charge in [0.2, 0.25) is 0 Å². The molecule has 0 aromatic rings. The Kier molecular flexibility index (Phi) is 18.6. The van der Waals surface area contributed by atoms with Crippen molar-refractivity contribution >= 4 is 29.9 Å². The molecule has 1 rings (SSSR count). The molecule has 1 fully saturated rings. The van der Waals surface area contributed by atoms with Gasteiger partial charge in [0.15, 0.2) is 5.96 Å². The zero-order valence-electron chi connectivity index (χ0n) is 16.2. The highest BCUT2D eigenvalue weighted by Crippen LogP contribution is 2.07. The van der Waals surface area contributed by atoms with Crippen molar-refractivity contribution in [3.05, 3.63) is 0 Å². The van der Waals surface area contributed by atoms with Crippen molar-refractivity contribution in [2.75, 3.05) is 65.7 Å². The Labute approximate surface area is 171 Å². The van der Waals surface area contributed by atoms with Gasteiger partial charge in [-0.05, 0) is 52.2 Å². The molecular formula is C18H39IN4O2. The van der Waals surface area contributed by atoms with Gasteiger partial charge in [-0.1, -0.05) is 13.3 Å². The number of hydrogen-bond donors (Lipinski definition) is 2. The lowest BCUT2D eigenvalue weighted by Gasteiger charge is -2.14. The van der Waals surface area contributed by atoms with E-state index in [4.69, 9.17) is 9.47 Å². The Morgan fingerprint density at radius 2 is 1.68 bits per heavy atom. The Bertz CT molecular complexity index is 313. The summed E-state index contributed by atoms with van der Waals surface area (Å²) in [6, 6.07) is 0. The van der Waals surface area contributed by atoms with Crippen molar-refractivity contribution < 1.29 is 9.47 Å². The number of rotatable bonds is 14. The summed E-state index contributed by atoms with van der Waals surface area (Å²) in [6.45, 7) is 13.3. The molecule has 1 heterocycles. The quantitative estimate of drug-likeness (QED) is 0.177. The number of hydrogen-bond acceptors (Lipinski definition) is 4. The van der Waals surface area contributed by atoms with E-state index >= 15 is 0 Å². The summed E-state index contributed by atoms with van der Waals surface area (Å²) in [5.41, 5.74) is 0. The molecule has 25 heavy (non-hydrogen) atoms. The largest absolute Gasteiger partial charge is 0.379 e. The molecule has 1 aliphatic rings. The molecule has 7 heteroatoms. The first kappa shape index (κ1) is 24.9. The van der Waals surface area contributed by atoms with E-state index in [0.717, 1.165) is 45.0 Å². The second-order valence-electron chi connectivity index (χ2n) is 6.17. The molecule has 6 nitrogen and oxygen atoms in total. The van der Waals surface area contributed by atoms with Crippen LogP contribution in [0.25, 0.3) is 0 Å². The third kappa shape index (κ3) is 14.7. The summed E-state index contributed by atoms with van der Waals surface area (Å²) in [6.07, 6.45) is 6.15. The minimum absolute atomic E-state index is 0. The average Bonchev–Trinajstić information content (AvgIpc) is 3.10. The van der Waals surface area contributed by atoms with Gasteiger partial charge in [0.1, 0.15) is 0 Å². The first-order valence-electron chi connectivity index (χ1n) is 9.76. The summed E-state index contributed by atoms with van der Waals surface area (Å²) in [5, 5.41) is 6.60. The number of unbranched alkanes of at least 4 members (excludes halogenated alkanes) is 1. The number of ether oxygens (including phenoxy) is 2. The molecule has 1 saturated heterocycles. The number of aliphatic imine (C=N–C) groups is 1. The molecule has 0 aliphatic carbocycles. The monoisotopic (exact) mass is 470 g/mol. The molecule has 0 bridgehead atoms. The number of nitrogens with one attached hydrogen (secondary N) is 2. The lowest BCUT2D eigenvalue weighted by atomic mass is 10.4. The fraction of sp³-hybridized carbons (Fsp3) is 0.944. The Morgan fingerprint density at radius 3 is 2.36 bits per heavy atom. The maximum atomic E-state index is 5.56. The molecule has 0 atom stereocenters. The minimum atomic E-state index is 0. The van der Waals surface area contributed by atoms with Crippen molar-refractivity contribution in [2.24, 2.45) is 4.99 Å². The van der Waals surface area contributed by atoms with Gasteiger partial charge in [0.25, 0.3) is 0 Å². The molecule has 0 aromatic heterocycles. The van der Waals surface area contributed by atoms with Crippen LogP contribution in [0.1, 0.15) is 46.0 Å². The molecule has 150 valence electrons. The lowest BCUT2D eigenvalue weighted by Crippen LogP contribution is -2.39. The van der Waals surface area contributed by atoms with Crippen molar-refractivity contribution in [2.45, 2.75) is 46.0 Å². The third-order valence-electron chi connectivity index (χ3n) is 4.00. The van der Waals surface area contributed by atoms with Crippen molar-refractivity contribution in [3.8, 4) is 0 Å². The summed E-state index contributed by atoms with van der Waals surface area (Å²) in [7, 11) is 0. The van der Waals surface area contributed by atoms with Crippen LogP contribution in [0.3, 0.4) is 0 Å². The molecule has 0 saturated carbocycles. The van der Waals surface area contributed by atoms with E-state index in [9.17, 15) is 0 Å². The number of guanidine groups is 1. The van der Waals surface area contributed by atoms with E-state index in [2.05, 4.69) is 34.4 Å².